The van der Waals surface area contributed by atoms with Crippen LogP contribution < -0.4 is 10.6 Å². The van der Waals surface area contributed by atoms with Gasteiger partial charge in [-0.3, -0.25) is 0 Å². The molecule has 0 aliphatic heterocycles. The summed E-state index contributed by atoms with van der Waals surface area (Å²) in [5, 5.41) is 6.24. The molecule has 5 heteroatoms. The first-order valence-electron chi connectivity index (χ1n) is 8.02. The van der Waals surface area contributed by atoms with E-state index in [1.165, 1.54) is 0 Å². The maximum atomic E-state index is 12.2. The van der Waals surface area contributed by atoms with Crippen LogP contribution in [0.2, 0.25) is 5.02 Å². The Morgan fingerprint density at radius 3 is 2.50 bits per heavy atom. The van der Waals surface area contributed by atoms with E-state index in [0.717, 1.165) is 21.0 Å². The molecule has 0 aliphatic rings. The van der Waals surface area contributed by atoms with Gasteiger partial charge in [-0.05, 0) is 48.0 Å². The van der Waals surface area contributed by atoms with Gasteiger partial charge in [0.2, 0.25) is 0 Å². The van der Waals surface area contributed by atoms with Crippen LogP contribution in [0.3, 0.4) is 0 Å². The van der Waals surface area contributed by atoms with Gasteiger partial charge in [-0.1, -0.05) is 65.8 Å². The highest BCUT2D eigenvalue weighted by Crippen LogP contribution is 2.33. The Bertz CT molecular complexity index is 913. The van der Waals surface area contributed by atoms with Gasteiger partial charge >= 0.3 is 6.03 Å². The highest BCUT2D eigenvalue weighted by molar-refractivity contribution is 7.99. The van der Waals surface area contributed by atoms with Crippen LogP contribution in [0.5, 0.6) is 0 Å². The summed E-state index contributed by atoms with van der Waals surface area (Å²) in [5.41, 5.74) is 1.67. The molecule has 130 valence electrons. The van der Waals surface area contributed by atoms with E-state index in [2.05, 4.69) is 10.6 Å². The Morgan fingerprint density at radius 2 is 1.69 bits per heavy atom. The lowest BCUT2D eigenvalue weighted by Gasteiger charge is -2.10. The van der Waals surface area contributed by atoms with Crippen LogP contribution in [0.4, 0.5) is 10.5 Å². The van der Waals surface area contributed by atoms with Gasteiger partial charge in [0.25, 0.3) is 0 Å². The van der Waals surface area contributed by atoms with Gasteiger partial charge < -0.3 is 10.6 Å². The van der Waals surface area contributed by atoms with Crippen molar-refractivity contribution in [1.29, 1.82) is 0 Å². The molecule has 0 fully saturated rings. The van der Waals surface area contributed by atoms with E-state index in [4.69, 9.17) is 11.6 Å². The van der Waals surface area contributed by atoms with Crippen LogP contribution in [0.1, 0.15) is 5.56 Å². The van der Waals surface area contributed by atoms with Crippen molar-refractivity contribution in [3.8, 4) is 0 Å². The van der Waals surface area contributed by atoms with Crippen molar-refractivity contribution in [1.82, 2.24) is 5.32 Å². The van der Waals surface area contributed by atoms with Crippen LogP contribution in [0.15, 0.2) is 94.9 Å². The monoisotopic (exact) mass is 380 g/mol. The summed E-state index contributed by atoms with van der Waals surface area (Å²) in [4.78, 5) is 14.3. The van der Waals surface area contributed by atoms with E-state index in [9.17, 15) is 4.79 Å². The minimum Gasteiger partial charge on any atom is -0.314 e. The SMILES string of the molecule is O=C(N/C=C/c1cccc(Cl)c1)Nc1ccccc1Sc1ccccc1. The third-order valence-electron chi connectivity index (χ3n) is 3.45. The van der Waals surface area contributed by atoms with Crippen molar-refractivity contribution in [2.24, 2.45) is 0 Å². The van der Waals surface area contributed by atoms with Crippen LogP contribution >= 0.6 is 23.4 Å². The van der Waals surface area contributed by atoms with Crippen LogP contribution in [0, 0.1) is 0 Å². The number of urea groups is 1. The molecule has 26 heavy (non-hydrogen) atoms. The summed E-state index contributed by atoms with van der Waals surface area (Å²) in [6.45, 7) is 0. The lowest BCUT2D eigenvalue weighted by atomic mass is 10.2. The Hall–Kier alpha value is -2.69. The number of para-hydroxylation sites is 1. The van der Waals surface area contributed by atoms with Crippen molar-refractivity contribution >= 4 is 41.2 Å². The smallest absolute Gasteiger partial charge is 0.314 e. The molecule has 0 aliphatic carbocycles. The Morgan fingerprint density at radius 1 is 0.923 bits per heavy atom. The second kappa shape index (κ2) is 9.13. The zero-order valence-electron chi connectivity index (χ0n) is 13.9. The number of amides is 2. The average Bonchev–Trinajstić information content (AvgIpc) is 2.64. The molecular weight excluding hydrogens is 364 g/mol. The number of halogens is 1. The molecule has 0 atom stereocenters. The number of carbonyl (C=O) groups excluding carboxylic acids is 1. The van der Waals surface area contributed by atoms with Crippen molar-refractivity contribution in [3.63, 3.8) is 0 Å². The number of hydrogen-bond acceptors (Lipinski definition) is 2. The molecule has 3 nitrogen and oxygen atoms in total. The zero-order valence-corrected chi connectivity index (χ0v) is 15.4. The van der Waals surface area contributed by atoms with Gasteiger partial charge in [0.05, 0.1) is 5.69 Å². The summed E-state index contributed by atoms with van der Waals surface area (Å²) >= 11 is 7.54. The third-order valence-corrected chi connectivity index (χ3v) is 4.76. The summed E-state index contributed by atoms with van der Waals surface area (Å²) in [6.07, 6.45) is 3.38. The standard InChI is InChI=1S/C21H17ClN2OS/c22-17-8-6-7-16(15-17)13-14-23-21(25)24-19-11-4-5-12-20(19)26-18-9-2-1-3-10-18/h1-15H,(H2,23,24,25)/b14-13+. The van der Waals surface area contributed by atoms with E-state index in [0.29, 0.717) is 5.02 Å². The first kappa shape index (κ1) is 18.1. The quantitative estimate of drug-likeness (QED) is 0.546. The Balaban J connectivity index is 1.62. The number of nitrogens with one attached hydrogen (secondary N) is 2. The normalized spacial score (nSPS) is 10.7. The van der Waals surface area contributed by atoms with Gasteiger partial charge in [0, 0.05) is 21.0 Å². The maximum absolute atomic E-state index is 12.2. The fourth-order valence-electron chi connectivity index (χ4n) is 2.26. The van der Waals surface area contributed by atoms with Gasteiger partial charge in [0.15, 0.2) is 0 Å². The topological polar surface area (TPSA) is 41.1 Å². The van der Waals surface area contributed by atoms with Crippen LogP contribution in [-0.2, 0) is 0 Å². The van der Waals surface area contributed by atoms with Gasteiger partial charge in [-0.2, -0.15) is 0 Å². The molecule has 3 aromatic rings. The molecule has 0 radical (unpaired) electrons. The van der Waals surface area contributed by atoms with Crippen molar-refractivity contribution in [2.45, 2.75) is 9.79 Å². The highest BCUT2D eigenvalue weighted by Gasteiger charge is 2.06. The van der Waals surface area contributed by atoms with E-state index in [1.54, 1.807) is 30.1 Å². The number of hydrogen-bond donors (Lipinski definition) is 2. The van der Waals surface area contributed by atoms with Gasteiger partial charge in [-0.15, -0.1) is 0 Å². The second-order valence-corrected chi connectivity index (χ2v) is 6.95. The first-order chi connectivity index (χ1) is 12.7. The van der Waals surface area contributed by atoms with Crippen molar-refractivity contribution in [2.75, 3.05) is 5.32 Å². The van der Waals surface area contributed by atoms with Crippen LogP contribution in [0.25, 0.3) is 6.08 Å². The summed E-state index contributed by atoms with van der Waals surface area (Å²) in [5.74, 6) is 0. The number of rotatable bonds is 5. The molecule has 2 N–H and O–H groups in total. The number of benzene rings is 3. The van der Waals surface area contributed by atoms with Gasteiger partial charge in [-0.25, -0.2) is 4.79 Å². The van der Waals surface area contributed by atoms with E-state index < -0.39 is 0 Å². The molecule has 0 spiro atoms. The first-order valence-corrected chi connectivity index (χ1v) is 9.22. The second-order valence-electron chi connectivity index (χ2n) is 5.40. The lowest BCUT2D eigenvalue weighted by Crippen LogP contribution is -2.24. The largest absolute Gasteiger partial charge is 0.323 e. The van der Waals surface area contributed by atoms with E-state index in [-0.39, 0.29) is 6.03 Å². The molecule has 0 saturated heterocycles. The van der Waals surface area contributed by atoms with E-state index in [1.807, 2.05) is 72.8 Å². The maximum Gasteiger partial charge on any atom is 0.323 e. The molecule has 0 heterocycles. The fourth-order valence-corrected chi connectivity index (χ4v) is 3.38. The minimum atomic E-state index is -0.301. The number of carbonyl (C=O) groups is 1. The van der Waals surface area contributed by atoms with Gasteiger partial charge in [0.1, 0.15) is 0 Å². The third kappa shape index (κ3) is 5.41. The van der Waals surface area contributed by atoms with E-state index >= 15 is 0 Å². The highest BCUT2D eigenvalue weighted by atomic mass is 35.5. The van der Waals surface area contributed by atoms with Crippen molar-refractivity contribution < 1.29 is 4.79 Å². The molecular formula is C21H17ClN2OS. The molecule has 0 aromatic heterocycles. The predicted molar refractivity (Wildman–Crippen MR) is 110 cm³/mol. The molecule has 2 amide bonds. The lowest BCUT2D eigenvalue weighted by molar-refractivity contribution is 0.255. The minimum absolute atomic E-state index is 0.301. The molecule has 3 aromatic carbocycles. The number of anilines is 1. The molecule has 3 rings (SSSR count). The van der Waals surface area contributed by atoms with Crippen molar-refractivity contribution in [3.05, 3.63) is 95.6 Å². The molecule has 0 bridgehead atoms. The Kier molecular flexibility index (Phi) is 6.36. The summed E-state index contributed by atoms with van der Waals surface area (Å²) in [7, 11) is 0. The predicted octanol–water partition coefficient (Wildman–Crippen LogP) is 6.28. The summed E-state index contributed by atoms with van der Waals surface area (Å²) < 4.78 is 0. The summed E-state index contributed by atoms with van der Waals surface area (Å²) in [6, 6.07) is 24.8. The Labute approximate surface area is 162 Å². The molecule has 0 saturated carbocycles. The molecule has 0 unspecified atom stereocenters. The average molecular weight is 381 g/mol. The fraction of sp³-hybridized carbons (Fsp3) is 0. The van der Waals surface area contributed by atoms with Crippen LogP contribution in [-0.4, -0.2) is 6.03 Å². The zero-order chi connectivity index (χ0) is 18.2.